The summed E-state index contributed by atoms with van der Waals surface area (Å²) >= 11 is 0. The fourth-order valence-electron chi connectivity index (χ4n) is 4.27. The predicted octanol–water partition coefficient (Wildman–Crippen LogP) is 0.901. The minimum atomic E-state index is -1.68. The fourth-order valence-corrected chi connectivity index (χ4v) is 4.27. The van der Waals surface area contributed by atoms with Crippen molar-refractivity contribution < 1.29 is 45.6 Å². The lowest BCUT2D eigenvalue weighted by Gasteiger charge is -2.40. The van der Waals surface area contributed by atoms with Gasteiger partial charge in [-0.05, 0) is 35.7 Å². The molecule has 1 aliphatic rings. The minimum absolute atomic E-state index is 0.0697. The lowest BCUT2D eigenvalue weighted by Crippen LogP contribution is -2.51. The molecular weight excluding hydrogens is 438 g/mol. The summed E-state index contributed by atoms with van der Waals surface area (Å²) in [5.74, 6) is -5.18. The maximum absolute atomic E-state index is 12.8. The van der Waals surface area contributed by atoms with E-state index in [1.54, 1.807) is 0 Å². The van der Waals surface area contributed by atoms with Gasteiger partial charge >= 0.3 is 0 Å². The first-order chi connectivity index (χ1) is 15.6. The van der Waals surface area contributed by atoms with Gasteiger partial charge in [-0.1, -0.05) is 6.07 Å². The third kappa shape index (κ3) is 4.62. The average molecular weight is 463 g/mol. The van der Waals surface area contributed by atoms with Crippen LogP contribution in [0.3, 0.4) is 0 Å². The van der Waals surface area contributed by atoms with Crippen LogP contribution in [0.5, 0.6) is 23.0 Å². The summed E-state index contributed by atoms with van der Waals surface area (Å²) in [6, 6.07) is 4.83. The molecule has 11 heteroatoms. The number of hydrogen-bond donors (Lipinski definition) is 8. The standard InChI is InChI=1S/C22H25NO10/c24-8-10-6-11(20(30)22(32)19(10)29)17-15(27)7-16(28)18(21(17)31)14(26)4-2-9-1-3-13(25)12(5-9)23-33/h1,3,5,7,10-11,19-20,22,24-25,27-32H,2,4,6,8H2. The SMILES string of the molecule is O=Nc1cc(CCC(=O)c2c(O)cc(O)c(C3CC(CO)C(O)C(O)C3O)c2O)ccc1O. The molecule has 178 valence electrons. The largest absolute Gasteiger partial charge is 0.507 e. The number of carbonyl (C=O) groups excluding carboxylic acids is 1. The first kappa shape index (κ1) is 24.4. The van der Waals surface area contributed by atoms with E-state index in [1.165, 1.54) is 18.2 Å². The number of aliphatic hydroxyl groups is 4. The second kappa shape index (κ2) is 9.71. The van der Waals surface area contributed by atoms with E-state index in [-0.39, 0.29) is 36.3 Å². The number of phenolic OH excluding ortho intramolecular Hbond substituents is 4. The summed E-state index contributed by atoms with van der Waals surface area (Å²) in [6.07, 6.45) is -5.02. The van der Waals surface area contributed by atoms with Gasteiger partial charge in [0.25, 0.3) is 0 Å². The van der Waals surface area contributed by atoms with Crippen LogP contribution in [0.25, 0.3) is 0 Å². The van der Waals surface area contributed by atoms with E-state index in [0.717, 1.165) is 6.07 Å². The van der Waals surface area contributed by atoms with E-state index in [0.29, 0.717) is 5.56 Å². The van der Waals surface area contributed by atoms with Crippen molar-refractivity contribution in [3.8, 4) is 23.0 Å². The zero-order chi connectivity index (χ0) is 24.4. The molecule has 8 N–H and O–H groups in total. The Morgan fingerprint density at radius 1 is 0.939 bits per heavy atom. The first-order valence-corrected chi connectivity index (χ1v) is 10.2. The molecule has 3 rings (SSSR count). The van der Waals surface area contributed by atoms with Crippen molar-refractivity contribution in [2.24, 2.45) is 11.1 Å². The highest BCUT2D eigenvalue weighted by molar-refractivity contribution is 6.02. The Morgan fingerprint density at radius 3 is 2.27 bits per heavy atom. The van der Waals surface area contributed by atoms with E-state index in [4.69, 9.17) is 0 Å². The second-order valence-electron chi connectivity index (χ2n) is 8.15. The van der Waals surface area contributed by atoms with Crippen LogP contribution >= 0.6 is 0 Å². The number of aryl methyl sites for hydroxylation is 1. The molecule has 0 aliphatic heterocycles. The smallest absolute Gasteiger partial charge is 0.170 e. The normalized spacial score (nSPS) is 25.0. The van der Waals surface area contributed by atoms with Crippen LogP contribution in [0.1, 0.15) is 40.2 Å². The van der Waals surface area contributed by atoms with E-state index in [1.807, 2.05) is 0 Å². The van der Waals surface area contributed by atoms with Gasteiger partial charge in [-0.15, -0.1) is 4.91 Å². The summed E-state index contributed by atoms with van der Waals surface area (Å²) in [5, 5.41) is 83.6. The Bertz CT molecular complexity index is 1050. The van der Waals surface area contributed by atoms with Gasteiger partial charge in [0.1, 0.15) is 40.4 Å². The maximum atomic E-state index is 12.8. The average Bonchev–Trinajstić information content (AvgIpc) is 2.78. The van der Waals surface area contributed by atoms with E-state index >= 15 is 0 Å². The van der Waals surface area contributed by atoms with Crippen LogP contribution in [0.15, 0.2) is 29.4 Å². The minimum Gasteiger partial charge on any atom is -0.507 e. The Labute approximate surface area is 187 Å². The molecule has 0 aromatic heterocycles. The number of benzene rings is 2. The monoisotopic (exact) mass is 463 g/mol. The molecule has 2 aromatic rings. The molecule has 0 spiro atoms. The topological polar surface area (TPSA) is 208 Å². The van der Waals surface area contributed by atoms with Crippen molar-refractivity contribution in [1.82, 2.24) is 0 Å². The van der Waals surface area contributed by atoms with E-state index in [2.05, 4.69) is 5.18 Å². The van der Waals surface area contributed by atoms with Gasteiger partial charge in [0.15, 0.2) is 5.78 Å². The number of rotatable bonds is 7. The number of Topliss-reactive ketones (excluding diaryl/α,β-unsaturated/α-hetero) is 1. The molecule has 5 unspecified atom stereocenters. The summed E-state index contributed by atoms with van der Waals surface area (Å²) in [4.78, 5) is 23.5. The molecule has 0 bridgehead atoms. The van der Waals surface area contributed by atoms with Gasteiger partial charge in [-0.2, -0.15) is 0 Å². The predicted molar refractivity (Wildman–Crippen MR) is 114 cm³/mol. The number of nitroso groups, excluding NO2 is 1. The number of carbonyl (C=O) groups is 1. The lowest BCUT2D eigenvalue weighted by atomic mass is 9.72. The lowest BCUT2D eigenvalue weighted by molar-refractivity contribution is -0.127. The summed E-state index contributed by atoms with van der Waals surface area (Å²) < 4.78 is 0. The van der Waals surface area contributed by atoms with Crippen molar-refractivity contribution in [1.29, 1.82) is 0 Å². The summed E-state index contributed by atoms with van der Waals surface area (Å²) in [6.45, 7) is -0.531. The Hall–Kier alpha value is -3.25. The molecule has 0 radical (unpaired) electrons. The number of ketones is 1. The Kier molecular flexibility index (Phi) is 7.18. The first-order valence-electron chi connectivity index (χ1n) is 10.2. The van der Waals surface area contributed by atoms with Gasteiger partial charge in [0, 0.05) is 36.5 Å². The van der Waals surface area contributed by atoms with Crippen LogP contribution in [-0.4, -0.2) is 71.6 Å². The molecule has 33 heavy (non-hydrogen) atoms. The molecule has 11 nitrogen and oxygen atoms in total. The Balaban J connectivity index is 1.92. The Morgan fingerprint density at radius 2 is 1.64 bits per heavy atom. The van der Waals surface area contributed by atoms with Crippen molar-refractivity contribution in [3.05, 3.63) is 45.9 Å². The number of aliphatic hydroxyl groups excluding tert-OH is 4. The molecule has 0 amide bonds. The molecule has 1 aliphatic carbocycles. The van der Waals surface area contributed by atoms with Crippen LogP contribution in [0, 0.1) is 10.8 Å². The molecule has 2 aromatic carbocycles. The zero-order valence-corrected chi connectivity index (χ0v) is 17.4. The highest BCUT2D eigenvalue weighted by atomic mass is 16.4. The highest BCUT2D eigenvalue weighted by Crippen LogP contribution is 2.48. The van der Waals surface area contributed by atoms with Crippen LogP contribution in [0.4, 0.5) is 5.69 Å². The van der Waals surface area contributed by atoms with Crippen LogP contribution in [-0.2, 0) is 6.42 Å². The summed E-state index contributed by atoms with van der Waals surface area (Å²) in [5.41, 5.74) is -0.531. The number of hydrogen-bond acceptors (Lipinski definition) is 11. The number of phenols is 4. The van der Waals surface area contributed by atoms with Gasteiger partial charge in [0.05, 0.1) is 12.2 Å². The van der Waals surface area contributed by atoms with Gasteiger partial charge < -0.3 is 40.9 Å². The molecule has 5 atom stereocenters. The quantitative estimate of drug-likeness (QED) is 0.215. The van der Waals surface area contributed by atoms with Gasteiger partial charge in [-0.25, -0.2) is 0 Å². The third-order valence-corrected chi connectivity index (χ3v) is 6.11. The van der Waals surface area contributed by atoms with Crippen molar-refractivity contribution >= 4 is 11.5 Å². The molecule has 0 heterocycles. The van der Waals surface area contributed by atoms with Crippen LogP contribution in [0.2, 0.25) is 0 Å². The molecule has 1 saturated carbocycles. The van der Waals surface area contributed by atoms with E-state index < -0.39 is 65.3 Å². The van der Waals surface area contributed by atoms with E-state index in [9.17, 15) is 50.6 Å². The number of aromatic hydroxyl groups is 4. The van der Waals surface area contributed by atoms with Crippen molar-refractivity contribution in [3.63, 3.8) is 0 Å². The van der Waals surface area contributed by atoms with Crippen LogP contribution < -0.4 is 0 Å². The zero-order valence-electron chi connectivity index (χ0n) is 17.4. The van der Waals surface area contributed by atoms with Gasteiger partial charge in [0.2, 0.25) is 0 Å². The number of nitrogens with zero attached hydrogens (tertiary/aromatic N) is 1. The fraction of sp³-hybridized carbons (Fsp3) is 0.409. The summed E-state index contributed by atoms with van der Waals surface area (Å²) in [7, 11) is 0. The van der Waals surface area contributed by atoms with Crippen molar-refractivity contribution in [2.45, 2.75) is 43.5 Å². The molecule has 0 saturated heterocycles. The van der Waals surface area contributed by atoms with Crippen molar-refractivity contribution in [2.75, 3.05) is 6.61 Å². The molecule has 1 fully saturated rings. The maximum Gasteiger partial charge on any atom is 0.170 e. The molecular formula is C22H25NO10. The third-order valence-electron chi connectivity index (χ3n) is 6.11. The highest BCUT2D eigenvalue weighted by Gasteiger charge is 2.45. The second-order valence-corrected chi connectivity index (χ2v) is 8.15. The van der Waals surface area contributed by atoms with Gasteiger partial charge in [-0.3, -0.25) is 4.79 Å².